The maximum atomic E-state index is 12.8. The Morgan fingerprint density at radius 2 is 1.86 bits per heavy atom. The molecule has 6 heteroatoms. The first-order valence-electron chi connectivity index (χ1n) is 7.27. The lowest BCUT2D eigenvalue weighted by Gasteiger charge is -2.08. The third kappa shape index (κ3) is 4.00. The molecular weight excluding hydrogens is 283 g/mol. The molecule has 1 fully saturated rings. The van der Waals surface area contributed by atoms with E-state index >= 15 is 0 Å². The van der Waals surface area contributed by atoms with E-state index in [0.29, 0.717) is 19.0 Å². The van der Waals surface area contributed by atoms with Gasteiger partial charge in [0.15, 0.2) is 0 Å². The number of aromatic nitrogens is 2. The van der Waals surface area contributed by atoms with E-state index in [0.717, 1.165) is 17.0 Å². The number of carbonyl (C=O) groups is 1. The van der Waals surface area contributed by atoms with Gasteiger partial charge in [0.05, 0.1) is 12.2 Å². The minimum atomic E-state index is -0.288. The SMILES string of the molecule is O=C(NCc1ccc(F)cc1)NCc1cc(C2CC2)ncn1. The van der Waals surface area contributed by atoms with Crippen LogP contribution in [0.2, 0.25) is 0 Å². The first-order chi connectivity index (χ1) is 10.7. The predicted octanol–water partition coefficient (Wildman–Crippen LogP) is 2.49. The van der Waals surface area contributed by atoms with Gasteiger partial charge in [0.1, 0.15) is 12.1 Å². The van der Waals surface area contributed by atoms with Gasteiger partial charge in [-0.25, -0.2) is 19.2 Å². The van der Waals surface area contributed by atoms with Crippen molar-refractivity contribution in [1.29, 1.82) is 0 Å². The molecule has 114 valence electrons. The molecule has 0 atom stereocenters. The largest absolute Gasteiger partial charge is 0.334 e. The smallest absolute Gasteiger partial charge is 0.315 e. The Morgan fingerprint density at radius 3 is 2.59 bits per heavy atom. The monoisotopic (exact) mass is 300 g/mol. The summed E-state index contributed by atoms with van der Waals surface area (Å²) >= 11 is 0. The number of benzene rings is 1. The van der Waals surface area contributed by atoms with Crippen molar-refractivity contribution in [3.63, 3.8) is 0 Å². The molecule has 22 heavy (non-hydrogen) atoms. The lowest BCUT2D eigenvalue weighted by Crippen LogP contribution is -2.34. The van der Waals surface area contributed by atoms with E-state index < -0.39 is 0 Å². The first kappa shape index (κ1) is 14.4. The molecule has 2 N–H and O–H groups in total. The lowest BCUT2D eigenvalue weighted by atomic mass is 10.2. The molecule has 2 aromatic rings. The molecule has 3 rings (SSSR count). The fourth-order valence-electron chi connectivity index (χ4n) is 2.13. The van der Waals surface area contributed by atoms with Gasteiger partial charge in [0.2, 0.25) is 0 Å². The molecule has 1 saturated carbocycles. The summed E-state index contributed by atoms with van der Waals surface area (Å²) < 4.78 is 12.8. The molecule has 0 aliphatic heterocycles. The molecule has 0 spiro atoms. The summed E-state index contributed by atoms with van der Waals surface area (Å²) in [7, 11) is 0. The van der Waals surface area contributed by atoms with Crippen LogP contribution < -0.4 is 10.6 Å². The molecule has 2 amide bonds. The van der Waals surface area contributed by atoms with Gasteiger partial charge in [0, 0.05) is 18.2 Å². The normalized spacial score (nSPS) is 13.7. The van der Waals surface area contributed by atoms with Crippen molar-refractivity contribution in [2.24, 2.45) is 0 Å². The van der Waals surface area contributed by atoms with Gasteiger partial charge < -0.3 is 10.6 Å². The Morgan fingerprint density at radius 1 is 1.14 bits per heavy atom. The molecule has 5 nitrogen and oxygen atoms in total. The molecular formula is C16H17FN4O. The van der Waals surface area contributed by atoms with Crippen LogP contribution in [0.3, 0.4) is 0 Å². The summed E-state index contributed by atoms with van der Waals surface area (Å²) in [5.41, 5.74) is 2.70. The summed E-state index contributed by atoms with van der Waals surface area (Å²) in [6, 6.07) is 7.68. The third-order valence-electron chi connectivity index (χ3n) is 3.54. The fraction of sp³-hybridized carbons (Fsp3) is 0.312. The van der Waals surface area contributed by atoms with Crippen LogP contribution in [0.1, 0.15) is 35.7 Å². The first-order valence-corrected chi connectivity index (χ1v) is 7.27. The molecule has 0 bridgehead atoms. The molecule has 1 aromatic heterocycles. The zero-order chi connectivity index (χ0) is 15.4. The minimum absolute atomic E-state index is 0.282. The summed E-state index contributed by atoms with van der Waals surface area (Å²) in [5.74, 6) is 0.275. The van der Waals surface area contributed by atoms with Crippen molar-refractivity contribution in [2.45, 2.75) is 31.8 Å². The van der Waals surface area contributed by atoms with Crippen molar-refractivity contribution in [1.82, 2.24) is 20.6 Å². The average molecular weight is 300 g/mol. The van der Waals surface area contributed by atoms with Crippen LogP contribution >= 0.6 is 0 Å². The van der Waals surface area contributed by atoms with Gasteiger partial charge in [-0.3, -0.25) is 0 Å². The summed E-state index contributed by atoms with van der Waals surface area (Å²) in [5, 5.41) is 5.48. The molecule has 1 aliphatic rings. The topological polar surface area (TPSA) is 66.9 Å². The van der Waals surface area contributed by atoms with Crippen LogP contribution in [0.15, 0.2) is 36.7 Å². The fourth-order valence-corrected chi connectivity index (χ4v) is 2.13. The van der Waals surface area contributed by atoms with Gasteiger partial charge >= 0.3 is 6.03 Å². The molecule has 0 unspecified atom stereocenters. The highest BCUT2D eigenvalue weighted by Gasteiger charge is 2.25. The van der Waals surface area contributed by atoms with E-state index in [2.05, 4.69) is 20.6 Å². The zero-order valence-corrected chi connectivity index (χ0v) is 12.1. The van der Waals surface area contributed by atoms with Crippen LogP contribution in [0.25, 0.3) is 0 Å². The van der Waals surface area contributed by atoms with E-state index in [1.807, 2.05) is 6.07 Å². The van der Waals surface area contributed by atoms with E-state index in [-0.39, 0.29) is 11.8 Å². The van der Waals surface area contributed by atoms with Gasteiger partial charge in [-0.15, -0.1) is 0 Å². The Bertz CT molecular complexity index is 655. The number of rotatable bonds is 5. The molecule has 1 aliphatic carbocycles. The van der Waals surface area contributed by atoms with Gasteiger partial charge in [-0.05, 0) is 36.6 Å². The Hall–Kier alpha value is -2.50. The number of carbonyl (C=O) groups excluding carboxylic acids is 1. The van der Waals surface area contributed by atoms with Crippen LogP contribution in [0.4, 0.5) is 9.18 Å². The van der Waals surface area contributed by atoms with Gasteiger partial charge in [-0.1, -0.05) is 12.1 Å². The second-order valence-corrected chi connectivity index (χ2v) is 5.37. The average Bonchev–Trinajstić information content (AvgIpc) is 3.37. The molecule has 0 saturated heterocycles. The Kier molecular flexibility index (Phi) is 4.27. The van der Waals surface area contributed by atoms with Gasteiger partial charge in [-0.2, -0.15) is 0 Å². The number of hydrogen-bond donors (Lipinski definition) is 2. The van der Waals surface area contributed by atoms with Crippen molar-refractivity contribution in [2.75, 3.05) is 0 Å². The summed E-state index contributed by atoms with van der Waals surface area (Å²) in [6.45, 7) is 0.709. The second-order valence-electron chi connectivity index (χ2n) is 5.37. The van der Waals surface area contributed by atoms with Crippen molar-refractivity contribution in [3.05, 3.63) is 59.4 Å². The van der Waals surface area contributed by atoms with Crippen LogP contribution in [-0.4, -0.2) is 16.0 Å². The lowest BCUT2D eigenvalue weighted by molar-refractivity contribution is 0.240. The third-order valence-corrected chi connectivity index (χ3v) is 3.54. The number of halogens is 1. The van der Waals surface area contributed by atoms with Crippen LogP contribution in [0.5, 0.6) is 0 Å². The highest BCUT2D eigenvalue weighted by atomic mass is 19.1. The summed E-state index contributed by atoms with van der Waals surface area (Å²) in [4.78, 5) is 20.1. The number of hydrogen-bond acceptors (Lipinski definition) is 3. The molecule has 1 aromatic carbocycles. The number of nitrogens with zero attached hydrogens (tertiary/aromatic N) is 2. The number of urea groups is 1. The van der Waals surface area contributed by atoms with Crippen molar-refractivity contribution < 1.29 is 9.18 Å². The predicted molar refractivity (Wildman–Crippen MR) is 79.5 cm³/mol. The zero-order valence-electron chi connectivity index (χ0n) is 12.1. The van der Waals surface area contributed by atoms with Crippen LogP contribution in [-0.2, 0) is 13.1 Å². The molecule has 1 heterocycles. The number of nitrogens with one attached hydrogen (secondary N) is 2. The van der Waals surface area contributed by atoms with Crippen molar-refractivity contribution in [3.8, 4) is 0 Å². The van der Waals surface area contributed by atoms with Crippen LogP contribution in [0, 0.1) is 5.82 Å². The molecule has 0 radical (unpaired) electrons. The van der Waals surface area contributed by atoms with E-state index in [1.165, 1.54) is 25.0 Å². The van der Waals surface area contributed by atoms with Gasteiger partial charge in [0.25, 0.3) is 0 Å². The maximum absolute atomic E-state index is 12.8. The van der Waals surface area contributed by atoms with E-state index in [9.17, 15) is 9.18 Å². The second kappa shape index (κ2) is 6.51. The highest BCUT2D eigenvalue weighted by Crippen LogP contribution is 2.38. The summed E-state index contributed by atoms with van der Waals surface area (Å²) in [6.07, 6.45) is 3.91. The Labute approximate surface area is 128 Å². The maximum Gasteiger partial charge on any atom is 0.315 e. The number of amides is 2. The minimum Gasteiger partial charge on any atom is -0.334 e. The quantitative estimate of drug-likeness (QED) is 0.891. The van der Waals surface area contributed by atoms with E-state index in [1.54, 1.807) is 18.5 Å². The van der Waals surface area contributed by atoms with E-state index in [4.69, 9.17) is 0 Å². The highest BCUT2D eigenvalue weighted by molar-refractivity contribution is 5.73. The Balaban J connectivity index is 1.45. The van der Waals surface area contributed by atoms with Crippen molar-refractivity contribution >= 4 is 6.03 Å². The standard InChI is InChI=1S/C16H17FN4O/c17-13-5-1-11(2-6-13)8-18-16(22)19-9-14-7-15(12-3-4-12)21-10-20-14/h1-2,5-7,10,12H,3-4,8-9H2,(H2,18,19,22).